The maximum absolute atomic E-state index is 10.7. The fraction of sp³-hybridized carbons (Fsp3) is 0.727. The molecule has 1 rings (SSSR count). The van der Waals surface area contributed by atoms with Crippen molar-refractivity contribution in [1.29, 1.82) is 0 Å². The van der Waals surface area contributed by atoms with Crippen LogP contribution < -0.4 is 0 Å². The van der Waals surface area contributed by atoms with E-state index in [-0.39, 0.29) is 0 Å². The van der Waals surface area contributed by atoms with Crippen molar-refractivity contribution in [2.75, 3.05) is 25.4 Å². The van der Waals surface area contributed by atoms with Gasteiger partial charge in [0, 0.05) is 29.2 Å². The molecule has 3 nitrogen and oxygen atoms in total. The Morgan fingerprint density at radius 3 is 2.80 bits per heavy atom. The fourth-order valence-corrected chi connectivity index (χ4v) is 2.70. The van der Waals surface area contributed by atoms with Crippen molar-refractivity contribution in [3.05, 3.63) is 12.2 Å². The van der Waals surface area contributed by atoms with Gasteiger partial charge in [0.1, 0.15) is 0 Å². The summed E-state index contributed by atoms with van der Waals surface area (Å²) in [6.07, 6.45) is 1.10. The molecule has 0 aromatic carbocycles. The molecule has 1 saturated heterocycles. The molecule has 0 atom stereocenters. The molecule has 1 aliphatic rings. The second-order valence-corrected chi connectivity index (χ2v) is 6.35. The van der Waals surface area contributed by atoms with E-state index >= 15 is 0 Å². The van der Waals surface area contributed by atoms with Crippen LogP contribution in [0, 0.1) is 0 Å². The zero-order valence-electron chi connectivity index (χ0n) is 9.45. The Balaban J connectivity index is 2.45. The zero-order valence-corrected chi connectivity index (χ0v) is 10.3. The summed E-state index contributed by atoms with van der Waals surface area (Å²) in [6.45, 7) is 10.5. The van der Waals surface area contributed by atoms with Crippen molar-refractivity contribution < 1.29 is 9.90 Å². The van der Waals surface area contributed by atoms with Crippen molar-refractivity contribution in [3.8, 4) is 0 Å². The largest absolute Gasteiger partial charge is 0.478 e. The SMILES string of the molecule is C=C(CN1CCSC(C)(C)CC1)C(=O)O. The Kier molecular flexibility index (Phi) is 4.22. The number of hydrogen-bond donors (Lipinski definition) is 1. The molecule has 1 N–H and O–H groups in total. The topological polar surface area (TPSA) is 40.5 Å². The Labute approximate surface area is 95.5 Å². The van der Waals surface area contributed by atoms with Gasteiger partial charge in [-0.2, -0.15) is 11.8 Å². The lowest BCUT2D eigenvalue weighted by Gasteiger charge is -2.22. The second kappa shape index (κ2) is 5.03. The van der Waals surface area contributed by atoms with Crippen LogP contribution in [0.1, 0.15) is 20.3 Å². The Morgan fingerprint density at radius 2 is 2.20 bits per heavy atom. The third kappa shape index (κ3) is 4.26. The van der Waals surface area contributed by atoms with E-state index < -0.39 is 5.97 Å². The van der Waals surface area contributed by atoms with Crippen LogP contribution in [0.15, 0.2) is 12.2 Å². The summed E-state index contributed by atoms with van der Waals surface area (Å²) in [5, 5.41) is 8.75. The first-order chi connectivity index (χ1) is 6.91. The van der Waals surface area contributed by atoms with Crippen molar-refractivity contribution in [2.45, 2.75) is 25.0 Å². The molecule has 0 bridgehead atoms. The van der Waals surface area contributed by atoms with Gasteiger partial charge < -0.3 is 5.11 Å². The number of carboxylic acid groups (broad SMARTS) is 1. The highest BCUT2D eigenvalue weighted by molar-refractivity contribution is 8.00. The first-order valence-electron chi connectivity index (χ1n) is 5.18. The minimum absolute atomic E-state index is 0.291. The first kappa shape index (κ1) is 12.6. The van der Waals surface area contributed by atoms with E-state index in [1.807, 2.05) is 11.8 Å². The molecule has 0 amide bonds. The Morgan fingerprint density at radius 1 is 1.53 bits per heavy atom. The van der Waals surface area contributed by atoms with Crippen molar-refractivity contribution in [2.24, 2.45) is 0 Å². The molecule has 15 heavy (non-hydrogen) atoms. The molecule has 1 fully saturated rings. The minimum atomic E-state index is -0.883. The Hall–Kier alpha value is -0.480. The summed E-state index contributed by atoms with van der Waals surface area (Å²) in [6, 6.07) is 0. The number of rotatable bonds is 3. The van der Waals surface area contributed by atoms with Gasteiger partial charge in [-0.25, -0.2) is 4.79 Å². The quantitative estimate of drug-likeness (QED) is 0.750. The molecule has 0 radical (unpaired) electrons. The summed E-state index contributed by atoms with van der Waals surface area (Å²) in [4.78, 5) is 12.8. The summed E-state index contributed by atoms with van der Waals surface area (Å²) < 4.78 is 0.319. The Bertz CT molecular complexity index is 263. The lowest BCUT2D eigenvalue weighted by molar-refractivity contribution is -0.132. The molecular formula is C11H19NO2S. The van der Waals surface area contributed by atoms with E-state index in [9.17, 15) is 4.79 Å². The van der Waals surface area contributed by atoms with E-state index in [2.05, 4.69) is 25.3 Å². The first-order valence-corrected chi connectivity index (χ1v) is 6.17. The standard InChI is InChI=1S/C11H19NO2S/c1-9(10(13)14)8-12-5-4-11(2,3)15-7-6-12/h1,4-8H2,2-3H3,(H,13,14). The number of nitrogens with zero attached hydrogens (tertiary/aromatic N) is 1. The maximum atomic E-state index is 10.7. The van der Waals surface area contributed by atoms with E-state index in [0.29, 0.717) is 16.9 Å². The summed E-state index contributed by atoms with van der Waals surface area (Å²) >= 11 is 1.96. The monoisotopic (exact) mass is 229 g/mol. The molecule has 86 valence electrons. The average Bonchev–Trinajstić information content (AvgIpc) is 2.28. The molecule has 0 saturated carbocycles. The van der Waals surface area contributed by atoms with Crippen LogP contribution in [0.5, 0.6) is 0 Å². The van der Waals surface area contributed by atoms with Crippen LogP contribution in [0.4, 0.5) is 0 Å². The third-order valence-electron chi connectivity index (χ3n) is 2.65. The van der Waals surface area contributed by atoms with E-state index in [1.165, 1.54) is 0 Å². The van der Waals surface area contributed by atoms with Crippen molar-refractivity contribution in [3.63, 3.8) is 0 Å². The molecule has 0 aromatic heterocycles. The number of carboxylic acids is 1. The molecule has 0 unspecified atom stereocenters. The third-order valence-corrected chi connectivity index (χ3v) is 4.02. The van der Waals surface area contributed by atoms with Gasteiger partial charge in [-0.05, 0) is 13.0 Å². The smallest absolute Gasteiger partial charge is 0.332 e. The van der Waals surface area contributed by atoms with Gasteiger partial charge in [0.25, 0.3) is 0 Å². The number of thioether (sulfide) groups is 1. The molecule has 0 aromatic rings. The van der Waals surface area contributed by atoms with Gasteiger partial charge in [0.05, 0.1) is 0 Å². The van der Waals surface area contributed by atoms with Crippen molar-refractivity contribution >= 4 is 17.7 Å². The van der Waals surface area contributed by atoms with Crippen LogP contribution >= 0.6 is 11.8 Å². The summed E-state index contributed by atoms with van der Waals surface area (Å²) in [5.74, 6) is 0.186. The zero-order chi connectivity index (χ0) is 11.5. The van der Waals surface area contributed by atoms with Gasteiger partial charge >= 0.3 is 5.97 Å². The highest BCUT2D eigenvalue weighted by atomic mass is 32.2. The van der Waals surface area contributed by atoms with Gasteiger partial charge in [-0.15, -0.1) is 0 Å². The second-order valence-electron chi connectivity index (χ2n) is 4.54. The normalized spacial score (nSPS) is 22.0. The number of aliphatic carboxylic acids is 1. The molecule has 0 spiro atoms. The van der Waals surface area contributed by atoms with Gasteiger partial charge in [0.2, 0.25) is 0 Å². The van der Waals surface area contributed by atoms with Crippen LogP contribution in [0.2, 0.25) is 0 Å². The van der Waals surface area contributed by atoms with Crippen LogP contribution in [-0.2, 0) is 4.79 Å². The van der Waals surface area contributed by atoms with Gasteiger partial charge in [-0.3, -0.25) is 4.90 Å². The molecular weight excluding hydrogens is 210 g/mol. The van der Waals surface area contributed by atoms with Crippen LogP contribution in [0.3, 0.4) is 0 Å². The average molecular weight is 229 g/mol. The predicted octanol–water partition coefficient (Wildman–Crippen LogP) is 1.84. The van der Waals surface area contributed by atoms with E-state index in [0.717, 1.165) is 25.3 Å². The fourth-order valence-electron chi connectivity index (χ4n) is 1.56. The van der Waals surface area contributed by atoms with Gasteiger partial charge in [-0.1, -0.05) is 20.4 Å². The number of hydrogen-bond acceptors (Lipinski definition) is 3. The summed E-state index contributed by atoms with van der Waals surface area (Å²) in [7, 11) is 0. The van der Waals surface area contributed by atoms with Crippen LogP contribution in [0.25, 0.3) is 0 Å². The van der Waals surface area contributed by atoms with Crippen molar-refractivity contribution in [1.82, 2.24) is 4.90 Å². The summed E-state index contributed by atoms with van der Waals surface area (Å²) in [5.41, 5.74) is 0.291. The van der Waals surface area contributed by atoms with E-state index in [1.54, 1.807) is 0 Å². The maximum Gasteiger partial charge on any atom is 0.332 e. The van der Waals surface area contributed by atoms with E-state index in [4.69, 9.17) is 5.11 Å². The molecule has 4 heteroatoms. The highest BCUT2D eigenvalue weighted by Gasteiger charge is 2.24. The lowest BCUT2D eigenvalue weighted by atomic mass is 10.1. The molecule has 0 aliphatic carbocycles. The number of carbonyl (C=O) groups is 1. The van der Waals surface area contributed by atoms with Crippen LogP contribution in [-0.4, -0.2) is 46.1 Å². The minimum Gasteiger partial charge on any atom is -0.478 e. The highest BCUT2D eigenvalue weighted by Crippen LogP contribution is 2.30. The predicted molar refractivity (Wildman–Crippen MR) is 64.4 cm³/mol. The molecule has 1 aliphatic heterocycles. The molecule has 1 heterocycles. The lowest BCUT2D eigenvalue weighted by Crippen LogP contribution is -2.30. The van der Waals surface area contributed by atoms with Gasteiger partial charge in [0.15, 0.2) is 0 Å².